The molecule has 2 heterocycles. The lowest BCUT2D eigenvalue weighted by Crippen LogP contribution is -2.24. The van der Waals surface area contributed by atoms with E-state index in [0.29, 0.717) is 10.8 Å². The van der Waals surface area contributed by atoms with Crippen LogP contribution < -0.4 is 4.72 Å². The second-order valence-corrected chi connectivity index (χ2v) is 7.98. The maximum absolute atomic E-state index is 12.0. The van der Waals surface area contributed by atoms with Crippen LogP contribution in [-0.2, 0) is 23.1 Å². The van der Waals surface area contributed by atoms with Gasteiger partial charge in [0.05, 0.1) is 16.0 Å². The van der Waals surface area contributed by atoms with E-state index < -0.39 is 10.0 Å². The van der Waals surface area contributed by atoms with Crippen molar-refractivity contribution in [3.63, 3.8) is 0 Å². The highest BCUT2D eigenvalue weighted by Gasteiger charge is 2.16. The second kappa shape index (κ2) is 5.52. The lowest BCUT2D eigenvalue weighted by atomic mass is 10.4. The predicted octanol–water partition coefficient (Wildman–Crippen LogP) is 2.21. The van der Waals surface area contributed by atoms with E-state index in [-0.39, 0.29) is 6.54 Å². The normalized spacial score (nSPS) is 11.9. The molecule has 0 amide bonds. The van der Waals surface area contributed by atoms with Crippen molar-refractivity contribution >= 4 is 37.3 Å². The number of nitrogens with zero attached hydrogens (tertiary/aromatic N) is 2. The summed E-state index contributed by atoms with van der Waals surface area (Å²) in [6, 6.07) is 5.10. The molecule has 0 aliphatic rings. The van der Waals surface area contributed by atoms with E-state index in [0.717, 1.165) is 9.48 Å². The van der Waals surface area contributed by atoms with Crippen LogP contribution in [0.3, 0.4) is 0 Å². The van der Waals surface area contributed by atoms with Crippen molar-refractivity contribution in [1.29, 1.82) is 0 Å². The molecule has 0 saturated carbocycles. The summed E-state index contributed by atoms with van der Waals surface area (Å²) < 4.78 is 29.4. The highest BCUT2D eigenvalue weighted by molar-refractivity contribution is 9.11. The SMILES string of the molecule is CCn1nccc1CNS(=O)(=O)c1ccc(Br)s1. The van der Waals surface area contributed by atoms with E-state index in [9.17, 15) is 8.42 Å². The lowest BCUT2D eigenvalue weighted by Gasteiger charge is -2.06. The van der Waals surface area contributed by atoms with E-state index in [1.165, 1.54) is 11.3 Å². The van der Waals surface area contributed by atoms with E-state index in [2.05, 4.69) is 25.8 Å². The van der Waals surface area contributed by atoms with Crippen molar-refractivity contribution in [2.45, 2.75) is 24.2 Å². The summed E-state index contributed by atoms with van der Waals surface area (Å²) in [6.07, 6.45) is 1.66. The number of hydrogen-bond donors (Lipinski definition) is 1. The number of aromatic nitrogens is 2. The first-order valence-corrected chi connectivity index (χ1v) is 8.38. The fourth-order valence-corrected chi connectivity index (χ4v) is 4.53. The fourth-order valence-electron chi connectivity index (χ4n) is 1.48. The van der Waals surface area contributed by atoms with Crippen LogP contribution in [-0.4, -0.2) is 18.2 Å². The van der Waals surface area contributed by atoms with E-state index in [4.69, 9.17) is 0 Å². The molecule has 0 spiro atoms. The summed E-state index contributed by atoms with van der Waals surface area (Å²) in [6.45, 7) is 2.92. The molecular formula is C10H12BrN3O2S2. The third-order valence-corrected chi connectivity index (χ3v) is 5.88. The molecule has 18 heavy (non-hydrogen) atoms. The third-order valence-electron chi connectivity index (χ3n) is 2.36. The van der Waals surface area contributed by atoms with Gasteiger partial charge < -0.3 is 0 Å². The van der Waals surface area contributed by atoms with Crippen molar-refractivity contribution in [2.75, 3.05) is 0 Å². The molecule has 0 aromatic carbocycles. The molecule has 0 atom stereocenters. The van der Waals surface area contributed by atoms with Gasteiger partial charge in [-0.15, -0.1) is 11.3 Å². The number of sulfonamides is 1. The number of aryl methyl sites for hydroxylation is 1. The molecule has 1 N–H and O–H groups in total. The van der Waals surface area contributed by atoms with Crippen LogP contribution in [0.1, 0.15) is 12.6 Å². The van der Waals surface area contributed by atoms with Crippen LogP contribution in [0.15, 0.2) is 32.4 Å². The molecular weight excluding hydrogens is 338 g/mol. The first kappa shape index (κ1) is 13.7. The molecule has 8 heteroatoms. The number of hydrogen-bond acceptors (Lipinski definition) is 4. The number of nitrogens with one attached hydrogen (secondary N) is 1. The van der Waals surface area contributed by atoms with E-state index >= 15 is 0 Å². The Bertz CT molecular complexity index is 633. The van der Waals surface area contributed by atoms with E-state index in [1.807, 2.05) is 6.92 Å². The van der Waals surface area contributed by atoms with Crippen LogP contribution in [0.4, 0.5) is 0 Å². The van der Waals surface area contributed by atoms with E-state index in [1.54, 1.807) is 29.1 Å². The standard InChI is InChI=1S/C10H12BrN3O2S2/c1-2-14-8(5-6-12-14)7-13-18(15,16)10-4-3-9(11)17-10/h3-6,13H,2,7H2,1H3. The lowest BCUT2D eigenvalue weighted by molar-refractivity contribution is 0.572. The van der Waals surface area contributed by atoms with Gasteiger partial charge in [0.15, 0.2) is 0 Å². The van der Waals surface area contributed by atoms with Crippen molar-refractivity contribution in [3.8, 4) is 0 Å². The second-order valence-electron chi connectivity index (χ2n) is 3.52. The number of thiophene rings is 1. The Morgan fingerprint density at radius 3 is 2.83 bits per heavy atom. The maximum atomic E-state index is 12.0. The topological polar surface area (TPSA) is 64.0 Å². The van der Waals surface area contributed by atoms with Crippen LogP contribution >= 0.6 is 27.3 Å². The van der Waals surface area contributed by atoms with Gasteiger partial charge in [0, 0.05) is 12.7 Å². The molecule has 2 rings (SSSR count). The first-order chi connectivity index (χ1) is 8.53. The monoisotopic (exact) mass is 349 g/mol. The largest absolute Gasteiger partial charge is 0.269 e. The predicted molar refractivity (Wildman–Crippen MR) is 73.9 cm³/mol. The maximum Gasteiger partial charge on any atom is 0.250 e. The number of halogens is 1. The summed E-state index contributed by atoms with van der Waals surface area (Å²) in [5, 5.41) is 4.09. The summed E-state index contributed by atoms with van der Waals surface area (Å²) >= 11 is 4.44. The first-order valence-electron chi connectivity index (χ1n) is 5.28. The molecule has 0 unspecified atom stereocenters. The van der Waals surface area contributed by atoms with Gasteiger partial charge in [0.25, 0.3) is 0 Å². The van der Waals surface area contributed by atoms with Crippen molar-refractivity contribution < 1.29 is 8.42 Å². The molecule has 0 aliphatic heterocycles. The third kappa shape index (κ3) is 3.00. The highest BCUT2D eigenvalue weighted by atomic mass is 79.9. The molecule has 5 nitrogen and oxygen atoms in total. The van der Waals surface area contributed by atoms with Gasteiger partial charge in [-0.05, 0) is 41.1 Å². The highest BCUT2D eigenvalue weighted by Crippen LogP contribution is 2.25. The van der Waals surface area contributed by atoms with Gasteiger partial charge in [0.1, 0.15) is 4.21 Å². The molecule has 0 radical (unpaired) electrons. The average Bonchev–Trinajstić information content (AvgIpc) is 2.94. The Kier molecular flexibility index (Phi) is 4.21. The Hall–Kier alpha value is -0.700. The summed E-state index contributed by atoms with van der Waals surface area (Å²) in [4.78, 5) is 0. The molecule has 0 bridgehead atoms. The van der Waals surface area contributed by atoms with Crippen LogP contribution in [0, 0.1) is 0 Å². The minimum absolute atomic E-state index is 0.242. The van der Waals surface area contributed by atoms with Crippen molar-refractivity contribution in [2.24, 2.45) is 0 Å². The van der Waals surface area contributed by atoms with Crippen molar-refractivity contribution in [1.82, 2.24) is 14.5 Å². The van der Waals surface area contributed by atoms with Gasteiger partial charge in [-0.3, -0.25) is 4.68 Å². The Labute approximate surface area is 118 Å². The molecule has 0 saturated heterocycles. The minimum atomic E-state index is -3.44. The van der Waals surface area contributed by atoms with Gasteiger partial charge >= 0.3 is 0 Å². The van der Waals surface area contributed by atoms with Crippen molar-refractivity contribution in [3.05, 3.63) is 33.9 Å². The smallest absolute Gasteiger partial charge is 0.250 e. The van der Waals surface area contributed by atoms with Gasteiger partial charge in [-0.25, -0.2) is 13.1 Å². The van der Waals surface area contributed by atoms with Gasteiger partial charge in [-0.2, -0.15) is 5.10 Å². The van der Waals surface area contributed by atoms with Crippen LogP contribution in [0.2, 0.25) is 0 Å². The average molecular weight is 350 g/mol. The zero-order valence-electron chi connectivity index (χ0n) is 9.63. The Balaban J connectivity index is 2.10. The molecule has 2 aromatic rings. The van der Waals surface area contributed by atoms with Gasteiger partial charge in [-0.1, -0.05) is 0 Å². The Morgan fingerprint density at radius 2 is 2.22 bits per heavy atom. The minimum Gasteiger partial charge on any atom is -0.269 e. The molecule has 2 aromatic heterocycles. The summed E-state index contributed by atoms with van der Waals surface area (Å²) in [7, 11) is -3.44. The fraction of sp³-hybridized carbons (Fsp3) is 0.300. The summed E-state index contributed by atoms with van der Waals surface area (Å²) in [5.74, 6) is 0. The molecule has 98 valence electrons. The quantitative estimate of drug-likeness (QED) is 0.899. The summed E-state index contributed by atoms with van der Waals surface area (Å²) in [5.41, 5.74) is 0.844. The van der Waals surface area contributed by atoms with Crippen LogP contribution in [0.25, 0.3) is 0 Å². The number of rotatable bonds is 5. The zero-order valence-corrected chi connectivity index (χ0v) is 12.8. The molecule has 0 fully saturated rings. The zero-order chi connectivity index (χ0) is 13.2. The Morgan fingerprint density at radius 1 is 1.44 bits per heavy atom. The molecule has 0 aliphatic carbocycles. The van der Waals surface area contributed by atoms with Crippen LogP contribution in [0.5, 0.6) is 0 Å². The van der Waals surface area contributed by atoms with Gasteiger partial charge in [0.2, 0.25) is 10.0 Å².